The zero-order chi connectivity index (χ0) is 17.4. The molecule has 0 aliphatic rings. The van der Waals surface area contributed by atoms with E-state index >= 15 is 0 Å². The van der Waals surface area contributed by atoms with Gasteiger partial charge < -0.3 is 4.42 Å². The molecule has 4 aromatic rings. The van der Waals surface area contributed by atoms with Gasteiger partial charge in [0.1, 0.15) is 11.4 Å². The fourth-order valence-electron chi connectivity index (χ4n) is 2.64. The first-order chi connectivity index (χ1) is 12.1. The van der Waals surface area contributed by atoms with Gasteiger partial charge in [-0.25, -0.2) is 4.39 Å². The zero-order valence-electron chi connectivity index (χ0n) is 12.8. The van der Waals surface area contributed by atoms with Crippen molar-refractivity contribution in [2.45, 2.75) is 12.8 Å². The number of benzene rings is 2. The van der Waals surface area contributed by atoms with E-state index in [0.29, 0.717) is 51.0 Å². The van der Waals surface area contributed by atoms with Gasteiger partial charge in [0.2, 0.25) is 5.82 Å². The Bertz CT molecular complexity index is 1050. The summed E-state index contributed by atoms with van der Waals surface area (Å²) in [5.41, 5.74) is 2.12. The van der Waals surface area contributed by atoms with Crippen molar-refractivity contribution in [3.63, 3.8) is 0 Å². The molecular formula is C17H11Cl2FN4O. The topological polar surface area (TPSA) is 67.6 Å². The molecule has 25 heavy (non-hydrogen) atoms. The molecule has 0 saturated carbocycles. The number of hydrogen-bond donors (Lipinski definition) is 1. The smallest absolute Gasteiger partial charge is 0.239 e. The molecule has 0 fully saturated rings. The lowest BCUT2D eigenvalue weighted by molar-refractivity contribution is 0.602. The number of aromatic nitrogens is 4. The lowest BCUT2D eigenvalue weighted by atomic mass is 10.0. The Morgan fingerprint density at radius 3 is 2.68 bits per heavy atom. The third kappa shape index (κ3) is 3.23. The van der Waals surface area contributed by atoms with Gasteiger partial charge in [-0.1, -0.05) is 29.3 Å². The molecule has 4 rings (SSSR count). The number of halogens is 3. The Morgan fingerprint density at radius 1 is 1.04 bits per heavy atom. The highest BCUT2D eigenvalue weighted by Crippen LogP contribution is 2.28. The normalized spacial score (nSPS) is 11.3. The van der Waals surface area contributed by atoms with Gasteiger partial charge in [0.15, 0.2) is 5.76 Å². The predicted octanol–water partition coefficient (Wildman–Crippen LogP) is 4.84. The van der Waals surface area contributed by atoms with E-state index in [-0.39, 0.29) is 5.82 Å². The molecular weight excluding hydrogens is 366 g/mol. The zero-order valence-corrected chi connectivity index (χ0v) is 14.3. The first kappa shape index (κ1) is 16.1. The van der Waals surface area contributed by atoms with Crippen LogP contribution in [-0.4, -0.2) is 20.6 Å². The van der Waals surface area contributed by atoms with E-state index in [2.05, 4.69) is 20.6 Å². The number of nitrogens with one attached hydrogen (secondary N) is 1. The van der Waals surface area contributed by atoms with E-state index in [1.165, 1.54) is 6.07 Å². The molecule has 5 nitrogen and oxygen atoms in total. The minimum Gasteiger partial charge on any atom is -0.453 e. The molecule has 0 unspecified atom stereocenters. The number of H-pyrrole nitrogens is 1. The summed E-state index contributed by atoms with van der Waals surface area (Å²) < 4.78 is 20.1. The van der Waals surface area contributed by atoms with Crippen LogP contribution in [0.4, 0.5) is 4.39 Å². The predicted molar refractivity (Wildman–Crippen MR) is 93.2 cm³/mol. The molecule has 0 aliphatic heterocycles. The summed E-state index contributed by atoms with van der Waals surface area (Å²) in [7, 11) is 0. The average molecular weight is 377 g/mol. The van der Waals surface area contributed by atoms with Gasteiger partial charge in [-0.3, -0.25) is 0 Å². The van der Waals surface area contributed by atoms with Crippen LogP contribution in [0.1, 0.15) is 11.1 Å². The molecule has 0 atom stereocenters. The molecule has 0 aliphatic carbocycles. The molecule has 2 aromatic heterocycles. The maximum absolute atomic E-state index is 14.4. The second-order valence-corrected chi connectivity index (χ2v) is 6.39. The second kappa shape index (κ2) is 6.46. The van der Waals surface area contributed by atoms with Crippen molar-refractivity contribution in [1.29, 1.82) is 0 Å². The average Bonchev–Trinajstić information content (AvgIpc) is 3.24. The van der Waals surface area contributed by atoms with Crippen molar-refractivity contribution in [3.05, 3.63) is 63.4 Å². The van der Waals surface area contributed by atoms with Crippen molar-refractivity contribution in [1.82, 2.24) is 20.6 Å². The standard InChI is InChI=1S/C17H11Cl2FN4O/c18-12-4-2-9(5-13(12)19)1-3-10-7-15-11(6-14(10)20)8-16(25-15)17-21-23-24-22-17/h2,4-8H,1,3H2,(H,21,22,23,24). The molecule has 1 N–H and O–H groups in total. The molecule has 0 amide bonds. The van der Waals surface area contributed by atoms with Gasteiger partial charge in [0.05, 0.1) is 10.0 Å². The molecule has 0 radical (unpaired) electrons. The quantitative estimate of drug-likeness (QED) is 0.552. The Morgan fingerprint density at radius 2 is 1.92 bits per heavy atom. The highest BCUT2D eigenvalue weighted by atomic mass is 35.5. The van der Waals surface area contributed by atoms with Gasteiger partial charge in [0, 0.05) is 5.39 Å². The van der Waals surface area contributed by atoms with E-state index in [1.54, 1.807) is 24.3 Å². The van der Waals surface area contributed by atoms with Crippen LogP contribution in [0.15, 0.2) is 40.8 Å². The minimum atomic E-state index is -0.284. The summed E-state index contributed by atoms with van der Waals surface area (Å²) in [4.78, 5) is 0. The summed E-state index contributed by atoms with van der Waals surface area (Å²) in [6.45, 7) is 0. The van der Waals surface area contributed by atoms with Crippen LogP contribution in [0.2, 0.25) is 10.0 Å². The van der Waals surface area contributed by atoms with Crippen LogP contribution in [0.3, 0.4) is 0 Å². The lowest BCUT2D eigenvalue weighted by Gasteiger charge is -2.05. The number of rotatable bonds is 4. The number of nitrogens with zero attached hydrogens (tertiary/aromatic N) is 3. The third-order valence-corrected chi connectivity index (χ3v) is 4.66. The highest BCUT2D eigenvalue weighted by molar-refractivity contribution is 6.42. The van der Waals surface area contributed by atoms with E-state index < -0.39 is 0 Å². The molecule has 0 spiro atoms. The maximum atomic E-state index is 14.4. The van der Waals surface area contributed by atoms with Gasteiger partial charge in [0.25, 0.3) is 0 Å². The van der Waals surface area contributed by atoms with Gasteiger partial charge in [-0.15, -0.1) is 10.2 Å². The Hall–Kier alpha value is -2.44. The molecule has 0 bridgehead atoms. The van der Waals surface area contributed by atoms with Crippen LogP contribution in [0, 0.1) is 5.82 Å². The van der Waals surface area contributed by atoms with Gasteiger partial charge in [-0.05, 0) is 59.5 Å². The van der Waals surface area contributed by atoms with Crippen LogP contribution in [0.25, 0.3) is 22.6 Å². The van der Waals surface area contributed by atoms with Crippen LogP contribution < -0.4 is 0 Å². The van der Waals surface area contributed by atoms with Crippen LogP contribution >= 0.6 is 23.2 Å². The van der Waals surface area contributed by atoms with Crippen molar-refractivity contribution >= 4 is 34.2 Å². The fraction of sp³-hybridized carbons (Fsp3) is 0.118. The lowest BCUT2D eigenvalue weighted by Crippen LogP contribution is -1.95. The first-order valence-corrected chi connectivity index (χ1v) is 8.25. The highest BCUT2D eigenvalue weighted by Gasteiger charge is 2.13. The van der Waals surface area contributed by atoms with Crippen molar-refractivity contribution in [3.8, 4) is 11.6 Å². The van der Waals surface area contributed by atoms with Crippen LogP contribution in [0.5, 0.6) is 0 Å². The molecule has 126 valence electrons. The summed E-state index contributed by atoms with van der Waals surface area (Å²) in [6, 6.07) is 10.3. The number of aryl methyl sites for hydroxylation is 2. The Kier molecular flexibility index (Phi) is 4.15. The molecule has 0 saturated heterocycles. The molecule has 2 heterocycles. The monoisotopic (exact) mass is 376 g/mol. The van der Waals surface area contributed by atoms with Crippen molar-refractivity contribution in [2.75, 3.05) is 0 Å². The summed E-state index contributed by atoms with van der Waals surface area (Å²) >= 11 is 11.9. The van der Waals surface area contributed by atoms with Crippen LogP contribution in [-0.2, 0) is 12.8 Å². The second-order valence-electron chi connectivity index (χ2n) is 5.58. The molecule has 2 aromatic carbocycles. The summed E-state index contributed by atoms with van der Waals surface area (Å²) in [5, 5.41) is 15.2. The number of furan rings is 1. The van der Waals surface area contributed by atoms with E-state index in [0.717, 1.165) is 5.56 Å². The molecule has 8 heteroatoms. The number of hydrogen-bond acceptors (Lipinski definition) is 4. The van der Waals surface area contributed by atoms with Crippen molar-refractivity contribution < 1.29 is 8.81 Å². The van der Waals surface area contributed by atoms with E-state index in [4.69, 9.17) is 27.6 Å². The number of fused-ring (bicyclic) bond motifs is 1. The first-order valence-electron chi connectivity index (χ1n) is 7.50. The number of aromatic amines is 1. The van der Waals surface area contributed by atoms with E-state index in [1.807, 2.05) is 6.07 Å². The summed E-state index contributed by atoms with van der Waals surface area (Å²) in [5.74, 6) is 0.478. The SMILES string of the molecule is Fc1cc2cc(-c3nn[nH]n3)oc2cc1CCc1ccc(Cl)c(Cl)c1. The van der Waals surface area contributed by atoms with Gasteiger partial charge in [-0.2, -0.15) is 5.21 Å². The maximum Gasteiger partial charge on any atom is 0.239 e. The Labute approximate surface area is 151 Å². The Balaban J connectivity index is 1.60. The third-order valence-electron chi connectivity index (χ3n) is 3.92. The van der Waals surface area contributed by atoms with Gasteiger partial charge >= 0.3 is 0 Å². The number of tetrazole rings is 1. The summed E-state index contributed by atoms with van der Waals surface area (Å²) in [6.07, 6.45) is 1.15. The minimum absolute atomic E-state index is 0.284. The fourth-order valence-corrected chi connectivity index (χ4v) is 2.96. The van der Waals surface area contributed by atoms with E-state index in [9.17, 15) is 4.39 Å². The van der Waals surface area contributed by atoms with Crippen molar-refractivity contribution in [2.24, 2.45) is 0 Å². The largest absolute Gasteiger partial charge is 0.453 e.